The van der Waals surface area contributed by atoms with E-state index < -0.39 is 0 Å². The number of nitro benzene ring substituents is 1. The Bertz CT molecular complexity index is 1690. The zero-order chi connectivity index (χ0) is 21.1. The molecule has 0 N–H and O–H groups in total. The molecule has 1 heterocycles. The smallest absolute Gasteiger partial charge is 0.258 e. The molecule has 6 aromatic rings. The van der Waals surface area contributed by atoms with Gasteiger partial charge in [0, 0.05) is 15.5 Å². The van der Waals surface area contributed by atoms with Crippen LogP contribution in [0.15, 0.2) is 91.0 Å². The third-order valence-electron chi connectivity index (χ3n) is 5.68. The second-order valence-corrected chi connectivity index (χ2v) is 8.34. The number of rotatable bonds is 2. The van der Waals surface area contributed by atoms with Crippen LogP contribution in [0.3, 0.4) is 0 Å². The van der Waals surface area contributed by atoms with E-state index in [2.05, 4.69) is 0 Å². The highest BCUT2D eigenvalue weighted by molar-refractivity contribution is 7.26. The highest BCUT2D eigenvalue weighted by Gasteiger charge is 2.27. The molecule has 0 atom stereocenters. The first-order chi connectivity index (χ1) is 15.1. The maximum Gasteiger partial charge on any atom is 0.295 e. The summed E-state index contributed by atoms with van der Waals surface area (Å²) >= 11 is 1.46. The normalized spacial score (nSPS) is 12.1. The minimum atomic E-state index is -0.259. The van der Waals surface area contributed by atoms with Crippen LogP contribution in [0.2, 0.25) is 0 Å². The van der Waals surface area contributed by atoms with Crippen molar-refractivity contribution in [1.82, 2.24) is 0 Å². The van der Waals surface area contributed by atoms with Crippen molar-refractivity contribution in [2.75, 3.05) is 0 Å². The second-order valence-electron chi connectivity index (χ2n) is 7.28. The number of nitrogens with zero attached hydrogens (tertiary/aromatic N) is 1. The topological polar surface area (TPSA) is 43.1 Å². The van der Waals surface area contributed by atoms with Crippen molar-refractivity contribution in [2.24, 2.45) is 0 Å². The number of hydrogen-bond acceptors (Lipinski definition) is 3. The minimum Gasteiger partial charge on any atom is -0.258 e. The minimum absolute atomic E-state index is 0.116. The molecular formula is C26H15NO2S. The first-order valence-electron chi connectivity index (χ1n) is 10.1. The number of benzene rings is 5. The monoisotopic (exact) mass is 406 g/mol. The molecule has 4 heteroatoms. The van der Waals surface area contributed by atoms with Crippen LogP contribution in [0, 0.1) is 10.1 Å². The summed E-state index contributed by atoms with van der Waals surface area (Å²) in [5, 5.41) is 18.1. The molecule has 0 amide bonds. The zero-order valence-electron chi connectivity index (χ0n) is 16.8. The molecule has 0 radical (unpaired) electrons. The fourth-order valence-electron chi connectivity index (χ4n) is 4.45. The maximum atomic E-state index is 12.5. The van der Waals surface area contributed by atoms with Crippen LogP contribution in [0.5, 0.6) is 0 Å². The molecule has 0 unspecified atom stereocenters. The van der Waals surface area contributed by atoms with Gasteiger partial charge in [-0.15, -0.1) is 11.3 Å². The maximum absolute atomic E-state index is 12.5. The van der Waals surface area contributed by atoms with Crippen LogP contribution in [0.1, 0.15) is 1.37 Å². The van der Waals surface area contributed by atoms with E-state index in [-0.39, 0.29) is 10.6 Å². The molecule has 30 heavy (non-hydrogen) atoms. The summed E-state index contributed by atoms with van der Waals surface area (Å²) in [6.07, 6.45) is 0. The summed E-state index contributed by atoms with van der Waals surface area (Å²) in [6.45, 7) is 0. The van der Waals surface area contributed by atoms with E-state index in [0.29, 0.717) is 16.3 Å². The Labute approximate surface area is 177 Å². The van der Waals surface area contributed by atoms with Crippen molar-refractivity contribution in [1.29, 1.82) is 0 Å². The number of nitro groups is 1. The van der Waals surface area contributed by atoms with Gasteiger partial charge in [0.1, 0.15) is 4.70 Å². The van der Waals surface area contributed by atoms with Gasteiger partial charge in [-0.05, 0) is 33.2 Å². The molecule has 1 aromatic heterocycles. The number of fused-ring (bicyclic) bond motifs is 6. The molecule has 0 saturated heterocycles. The molecule has 5 aromatic carbocycles. The molecule has 0 spiro atoms. The molecule has 6 rings (SSSR count). The summed E-state index contributed by atoms with van der Waals surface area (Å²) in [7, 11) is 0. The van der Waals surface area contributed by atoms with Crippen molar-refractivity contribution in [3.8, 4) is 11.1 Å². The van der Waals surface area contributed by atoms with Crippen molar-refractivity contribution in [2.45, 2.75) is 0 Å². The van der Waals surface area contributed by atoms with E-state index in [1.54, 1.807) is 12.1 Å². The van der Waals surface area contributed by atoms with Gasteiger partial charge in [-0.2, -0.15) is 0 Å². The Morgan fingerprint density at radius 1 is 0.767 bits per heavy atom. The second kappa shape index (κ2) is 6.37. The first-order valence-corrected chi connectivity index (χ1v) is 10.5. The lowest BCUT2D eigenvalue weighted by atomic mass is 9.90. The molecule has 0 aliphatic heterocycles. The standard InChI is InChI=1S/C26H15NO2S/c28-27(29)25-23(18-14-7-9-16-8-1-2-10-17(16)18)19-11-3-4-12-20(19)24-21-13-5-6-15-22(21)30-26(24)25/h1-15H/i7D. The highest BCUT2D eigenvalue weighted by Crippen LogP contribution is 2.50. The van der Waals surface area contributed by atoms with Gasteiger partial charge in [0.2, 0.25) is 0 Å². The van der Waals surface area contributed by atoms with Crippen LogP contribution in [0.25, 0.3) is 52.8 Å². The molecular weight excluding hydrogens is 390 g/mol. The van der Waals surface area contributed by atoms with E-state index in [9.17, 15) is 10.1 Å². The first kappa shape index (κ1) is 16.1. The molecule has 0 fully saturated rings. The Hall–Kier alpha value is -3.76. The summed E-state index contributed by atoms with van der Waals surface area (Å²) in [5.74, 6) is 0. The van der Waals surface area contributed by atoms with Gasteiger partial charge in [0.05, 0.1) is 11.9 Å². The fraction of sp³-hybridized carbons (Fsp3) is 0. The molecule has 0 aliphatic carbocycles. The SMILES string of the molecule is [2H]c1cc(-c2c([N+](=O)[O-])c3sc4ccccc4c3c3ccccc23)c2ccccc2c1. The number of hydrogen-bond donors (Lipinski definition) is 0. The highest BCUT2D eigenvalue weighted by atomic mass is 32.1. The van der Waals surface area contributed by atoms with Gasteiger partial charge in [-0.25, -0.2) is 0 Å². The van der Waals surface area contributed by atoms with Gasteiger partial charge >= 0.3 is 0 Å². The molecule has 0 saturated carbocycles. The van der Waals surface area contributed by atoms with E-state index in [1.807, 2.05) is 72.8 Å². The lowest BCUT2D eigenvalue weighted by molar-refractivity contribution is -0.382. The largest absolute Gasteiger partial charge is 0.295 e. The van der Waals surface area contributed by atoms with Crippen molar-refractivity contribution in [3.63, 3.8) is 0 Å². The Morgan fingerprint density at radius 3 is 2.23 bits per heavy atom. The third-order valence-corrected chi connectivity index (χ3v) is 6.86. The van der Waals surface area contributed by atoms with Crippen LogP contribution < -0.4 is 0 Å². The van der Waals surface area contributed by atoms with E-state index in [1.165, 1.54) is 11.3 Å². The Morgan fingerprint density at radius 2 is 1.43 bits per heavy atom. The van der Waals surface area contributed by atoms with Gasteiger partial charge in [0.25, 0.3) is 5.69 Å². The summed E-state index contributed by atoms with van der Waals surface area (Å²) in [5.41, 5.74) is 1.43. The Balaban J connectivity index is 1.93. The summed E-state index contributed by atoms with van der Waals surface area (Å²) in [6, 6.07) is 27.5. The Kier molecular flexibility index (Phi) is 3.42. The van der Waals surface area contributed by atoms with Crippen LogP contribution >= 0.6 is 11.3 Å². The van der Waals surface area contributed by atoms with Crippen LogP contribution in [-0.4, -0.2) is 4.92 Å². The van der Waals surface area contributed by atoms with Gasteiger partial charge in [0.15, 0.2) is 0 Å². The average molecular weight is 406 g/mol. The van der Waals surface area contributed by atoms with Gasteiger partial charge < -0.3 is 0 Å². The summed E-state index contributed by atoms with van der Waals surface area (Å²) in [4.78, 5) is 12.3. The van der Waals surface area contributed by atoms with E-state index in [0.717, 1.165) is 42.6 Å². The molecule has 3 nitrogen and oxygen atoms in total. The van der Waals surface area contributed by atoms with Crippen molar-refractivity contribution >= 4 is 58.7 Å². The summed E-state index contributed by atoms with van der Waals surface area (Å²) < 4.78 is 10.0. The average Bonchev–Trinajstić information content (AvgIpc) is 3.16. The quantitative estimate of drug-likeness (QED) is 0.216. The van der Waals surface area contributed by atoms with Crippen molar-refractivity contribution < 1.29 is 6.29 Å². The van der Waals surface area contributed by atoms with Gasteiger partial charge in [-0.3, -0.25) is 10.1 Å². The molecule has 0 bridgehead atoms. The van der Waals surface area contributed by atoms with E-state index in [4.69, 9.17) is 1.37 Å². The molecule has 0 aliphatic rings. The lowest BCUT2D eigenvalue weighted by Gasteiger charge is -2.12. The van der Waals surface area contributed by atoms with Crippen molar-refractivity contribution in [3.05, 3.63) is 101 Å². The predicted octanol–water partition coefficient (Wildman–Crippen LogP) is 7.94. The molecule has 142 valence electrons. The van der Waals surface area contributed by atoms with E-state index >= 15 is 0 Å². The number of thiophene rings is 1. The van der Waals surface area contributed by atoms with Crippen LogP contribution in [-0.2, 0) is 0 Å². The third kappa shape index (κ3) is 2.31. The van der Waals surface area contributed by atoms with Gasteiger partial charge in [-0.1, -0.05) is 84.9 Å². The zero-order valence-corrected chi connectivity index (χ0v) is 16.6. The fourth-order valence-corrected chi connectivity index (χ4v) is 5.70. The predicted molar refractivity (Wildman–Crippen MR) is 126 cm³/mol. The van der Waals surface area contributed by atoms with Crippen LogP contribution in [0.4, 0.5) is 5.69 Å². The lowest BCUT2D eigenvalue weighted by Crippen LogP contribution is -1.95.